The monoisotopic (exact) mass is 261 g/mol. The van der Waals surface area contributed by atoms with Crippen LogP contribution < -0.4 is 0 Å². The van der Waals surface area contributed by atoms with Crippen LogP contribution in [-0.4, -0.2) is 35.1 Å². The Labute approximate surface area is 115 Å². The Bertz CT molecular complexity index is 400. The molecule has 0 radical (unpaired) electrons. The third-order valence-corrected chi connectivity index (χ3v) is 3.89. The van der Waals surface area contributed by atoms with E-state index in [1.54, 1.807) is 0 Å². The molecule has 1 N–H and O–H groups in total. The lowest BCUT2D eigenvalue weighted by Crippen LogP contribution is -2.30. The summed E-state index contributed by atoms with van der Waals surface area (Å²) in [5.41, 5.74) is 1.37. The van der Waals surface area contributed by atoms with E-state index in [1.165, 1.54) is 18.4 Å². The molecule has 1 atom stereocenters. The van der Waals surface area contributed by atoms with Crippen LogP contribution in [0.4, 0.5) is 0 Å². The summed E-state index contributed by atoms with van der Waals surface area (Å²) >= 11 is 0. The molecule has 2 rings (SSSR count). The van der Waals surface area contributed by atoms with Crippen LogP contribution >= 0.6 is 0 Å². The predicted molar refractivity (Wildman–Crippen MR) is 76.3 cm³/mol. The maximum absolute atomic E-state index is 10.7. The molecule has 1 aliphatic rings. The molecule has 0 aliphatic heterocycles. The van der Waals surface area contributed by atoms with Crippen molar-refractivity contribution in [1.82, 2.24) is 4.90 Å². The zero-order valence-corrected chi connectivity index (χ0v) is 11.6. The average molecular weight is 261 g/mol. The molecule has 1 aliphatic carbocycles. The molecule has 3 nitrogen and oxygen atoms in total. The van der Waals surface area contributed by atoms with Crippen LogP contribution in [0.15, 0.2) is 30.3 Å². The summed E-state index contributed by atoms with van der Waals surface area (Å²) in [7, 11) is 0. The van der Waals surface area contributed by atoms with E-state index < -0.39 is 5.97 Å². The van der Waals surface area contributed by atoms with Gasteiger partial charge in [-0.05, 0) is 37.3 Å². The quantitative estimate of drug-likeness (QED) is 0.781. The summed E-state index contributed by atoms with van der Waals surface area (Å²) < 4.78 is 0. The zero-order valence-electron chi connectivity index (χ0n) is 11.6. The Balaban J connectivity index is 1.80. The van der Waals surface area contributed by atoms with E-state index in [9.17, 15) is 4.79 Å². The van der Waals surface area contributed by atoms with Gasteiger partial charge in [0.05, 0.1) is 6.42 Å². The molecule has 0 saturated heterocycles. The Morgan fingerprint density at radius 2 is 2.00 bits per heavy atom. The molecule has 0 bridgehead atoms. The minimum atomic E-state index is -0.693. The van der Waals surface area contributed by atoms with Crippen LogP contribution in [0, 0.1) is 0 Å². The van der Waals surface area contributed by atoms with E-state index in [0.717, 1.165) is 13.0 Å². The molecule has 0 aromatic heterocycles. The van der Waals surface area contributed by atoms with E-state index in [0.29, 0.717) is 18.5 Å². The van der Waals surface area contributed by atoms with E-state index in [2.05, 4.69) is 36.1 Å². The Kier molecular flexibility index (Phi) is 4.97. The molecule has 1 aromatic carbocycles. The van der Waals surface area contributed by atoms with Gasteiger partial charge in [0, 0.05) is 12.6 Å². The van der Waals surface area contributed by atoms with Crippen molar-refractivity contribution in [3.8, 4) is 0 Å². The van der Waals surface area contributed by atoms with Crippen LogP contribution in [0.5, 0.6) is 0 Å². The minimum absolute atomic E-state index is 0.260. The molecular formula is C16H23NO2. The largest absolute Gasteiger partial charge is 0.481 e. The molecule has 1 aromatic rings. The van der Waals surface area contributed by atoms with Gasteiger partial charge in [0.2, 0.25) is 0 Å². The summed E-state index contributed by atoms with van der Waals surface area (Å²) in [5.74, 6) is -0.158. The van der Waals surface area contributed by atoms with Crippen molar-refractivity contribution in [2.24, 2.45) is 0 Å². The first-order valence-electron chi connectivity index (χ1n) is 7.17. The molecule has 1 saturated carbocycles. The second-order valence-electron chi connectivity index (χ2n) is 5.51. The molecule has 0 heterocycles. The Morgan fingerprint density at radius 3 is 2.58 bits per heavy atom. The van der Waals surface area contributed by atoms with Gasteiger partial charge in [0.15, 0.2) is 0 Å². The van der Waals surface area contributed by atoms with Gasteiger partial charge in [-0.1, -0.05) is 37.3 Å². The first kappa shape index (κ1) is 14.1. The molecule has 19 heavy (non-hydrogen) atoms. The fourth-order valence-electron chi connectivity index (χ4n) is 2.46. The van der Waals surface area contributed by atoms with Crippen molar-refractivity contribution in [2.75, 3.05) is 13.1 Å². The van der Waals surface area contributed by atoms with Gasteiger partial charge in [-0.15, -0.1) is 0 Å². The molecule has 3 heteroatoms. The van der Waals surface area contributed by atoms with Gasteiger partial charge >= 0.3 is 5.97 Å². The lowest BCUT2D eigenvalue weighted by molar-refractivity contribution is -0.137. The highest BCUT2D eigenvalue weighted by atomic mass is 16.4. The van der Waals surface area contributed by atoms with Crippen LogP contribution in [-0.2, 0) is 4.79 Å². The molecule has 104 valence electrons. The van der Waals surface area contributed by atoms with Crippen LogP contribution in [0.3, 0.4) is 0 Å². The van der Waals surface area contributed by atoms with Crippen LogP contribution in [0.2, 0.25) is 0 Å². The maximum atomic E-state index is 10.7. The Hall–Kier alpha value is -1.35. The van der Waals surface area contributed by atoms with Crippen LogP contribution in [0.1, 0.15) is 44.1 Å². The van der Waals surface area contributed by atoms with Gasteiger partial charge in [-0.25, -0.2) is 0 Å². The highest BCUT2D eigenvalue weighted by Gasteiger charge is 2.28. The summed E-state index contributed by atoms with van der Waals surface area (Å²) in [6, 6.07) is 11.2. The molecule has 1 unspecified atom stereocenters. The van der Waals surface area contributed by atoms with Gasteiger partial charge in [0.1, 0.15) is 0 Å². The first-order chi connectivity index (χ1) is 9.16. The predicted octanol–water partition coefficient (Wildman–Crippen LogP) is 3.12. The fraction of sp³-hybridized carbons (Fsp3) is 0.562. The number of aliphatic carboxylic acids is 1. The van der Waals surface area contributed by atoms with Crippen molar-refractivity contribution in [2.45, 2.75) is 44.6 Å². The Morgan fingerprint density at radius 1 is 1.32 bits per heavy atom. The standard InChI is InChI=1S/C16H23NO2/c1-13(14-5-3-2-4-6-14)9-11-17(15-7-8-15)12-10-16(18)19/h2-6,13,15H,7-12H2,1H3,(H,18,19). The summed E-state index contributed by atoms with van der Waals surface area (Å²) in [5, 5.41) is 8.79. The molecule has 0 spiro atoms. The highest BCUT2D eigenvalue weighted by molar-refractivity contribution is 5.66. The molecule has 1 fully saturated rings. The third kappa shape index (κ3) is 4.67. The topological polar surface area (TPSA) is 40.5 Å². The van der Waals surface area contributed by atoms with E-state index in [-0.39, 0.29) is 6.42 Å². The second kappa shape index (κ2) is 6.71. The van der Waals surface area contributed by atoms with Gasteiger partial charge in [-0.2, -0.15) is 0 Å². The van der Waals surface area contributed by atoms with Gasteiger partial charge in [-0.3, -0.25) is 9.69 Å². The zero-order chi connectivity index (χ0) is 13.7. The third-order valence-electron chi connectivity index (χ3n) is 3.89. The second-order valence-corrected chi connectivity index (χ2v) is 5.51. The lowest BCUT2D eigenvalue weighted by atomic mass is 9.97. The SMILES string of the molecule is CC(CCN(CCC(=O)O)C1CC1)c1ccccc1. The number of carboxylic acids is 1. The van der Waals surface area contributed by atoms with Crippen molar-refractivity contribution < 1.29 is 9.90 Å². The molecular weight excluding hydrogens is 238 g/mol. The van der Waals surface area contributed by atoms with Crippen molar-refractivity contribution >= 4 is 5.97 Å². The number of carbonyl (C=O) groups is 1. The van der Waals surface area contributed by atoms with E-state index >= 15 is 0 Å². The fourth-order valence-corrected chi connectivity index (χ4v) is 2.46. The number of hydrogen-bond donors (Lipinski definition) is 1. The first-order valence-corrected chi connectivity index (χ1v) is 7.17. The number of nitrogens with zero attached hydrogens (tertiary/aromatic N) is 1. The normalized spacial score (nSPS) is 16.5. The number of rotatable bonds is 8. The minimum Gasteiger partial charge on any atom is -0.481 e. The highest BCUT2D eigenvalue weighted by Crippen LogP contribution is 2.28. The maximum Gasteiger partial charge on any atom is 0.304 e. The number of carboxylic acid groups (broad SMARTS) is 1. The summed E-state index contributed by atoms with van der Waals surface area (Å²) in [6.45, 7) is 3.95. The number of benzene rings is 1. The number of hydrogen-bond acceptors (Lipinski definition) is 2. The van der Waals surface area contributed by atoms with Gasteiger partial charge < -0.3 is 5.11 Å². The summed E-state index contributed by atoms with van der Waals surface area (Å²) in [6.07, 6.45) is 3.83. The van der Waals surface area contributed by atoms with Crippen LogP contribution in [0.25, 0.3) is 0 Å². The average Bonchev–Trinajstić information content (AvgIpc) is 3.23. The lowest BCUT2D eigenvalue weighted by Gasteiger charge is -2.23. The van der Waals surface area contributed by atoms with E-state index in [4.69, 9.17) is 5.11 Å². The van der Waals surface area contributed by atoms with Gasteiger partial charge in [0.25, 0.3) is 0 Å². The smallest absolute Gasteiger partial charge is 0.304 e. The van der Waals surface area contributed by atoms with Crippen molar-refractivity contribution in [1.29, 1.82) is 0 Å². The van der Waals surface area contributed by atoms with Crippen molar-refractivity contribution in [3.05, 3.63) is 35.9 Å². The molecule has 0 amide bonds. The summed E-state index contributed by atoms with van der Waals surface area (Å²) in [4.78, 5) is 13.0. The van der Waals surface area contributed by atoms with E-state index in [1.807, 2.05) is 6.07 Å². The van der Waals surface area contributed by atoms with Crippen molar-refractivity contribution in [3.63, 3.8) is 0 Å².